The summed E-state index contributed by atoms with van der Waals surface area (Å²) in [6.45, 7) is 10.1. The van der Waals surface area contributed by atoms with Gasteiger partial charge in [-0.1, -0.05) is 30.3 Å². The molecule has 1 atom stereocenters. The predicted molar refractivity (Wildman–Crippen MR) is 78.1 cm³/mol. The summed E-state index contributed by atoms with van der Waals surface area (Å²) >= 11 is 0. The Labute approximate surface area is 116 Å². The first-order valence-electron chi connectivity index (χ1n) is 7.17. The van der Waals surface area contributed by atoms with E-state index in [-0.39, 0.29) is 11.8 Å². The number of hydrogen-bond acceptors (Lipinski definition) is 2. The van der Waals surface area contributed by atoms with E-state index in [0.717, 1.165) is 31.7 Å². The van der Waals surface area contributed by atoms with Gasteiger partial charge in [0.25, 0.3) is 0 Å². The largest absolute Gasteiger partial charge is 0.340 e. The van der Waals surface area contributed by atoms with Crippen molar-refractivity contribution < 1.29 is 4.79 Å². The second kappa shape index (κ2) is 6.20. The van der Waals surface area contributed by atoms with Crippen LogP contribution < -0.4 is 0 Å². The van der Waals surface area contributed by atoms with E-state index in [1.165, 1.54) is 0 Å². The molecular formula is C16H24N2O. The molecule has 3 nitrogen and oxygen atoms in total. The highest BCUT2D eigenvalue weighted by Crippen LogP contribution is 2.19. The molecule has 1 aliphatic rings. The Balaban J connectivity index is 1.94. The van der Waals surface area contributed by atoms with E-state index in [0.29, 0.717) is 6.04 Å². The number of hydrogen-bond donors (Lipinski definition) is 0. The minimum Gasteiger partial charge on any atom is -0.340 e. The molecule has 0 saturated carbocycles. The Morgan fingerprint density at radius 1 is 1.00 bits per heavy atom. The van der Waals surface area contributed by atoms with Crippen LogP contribution >= 0.6 is 0 Å². The lowest BCUT2D eigenvalue weighted by atomic mass is 9.99. The molecule has 1 heterocycles. The number of carbonyl (C=O) groups excluding carboxylic acids is 1. The van der Waals surface area contributed by atoms with Crippen LogP contribution in [0.15, 0.2) is 30.3 Å². The molecule has 1 unspecified atom stereocenters. The maximum atomic E-state index is 12.5. The Morgan fingerprint density at radius 2 is 1.58 bits per heavy atom. The zero-order chi connectivity index (χ0) is 13.8. The van der Waals surface area contributed by atoms with E-state index in [2.05, 4.69) is 18.7 Å². The van der Waals surface area contributed by atoms with Crippen molar-refractivity contribution in [3.05, 3.63) is 35.9 Å². The maximum Gasteiger partial charge on any atom is 0.229 e. The van der Waals surface area contributed by atoms with Crippen molar-refractivity contribution in [3.8, 4) is 0 Å². The van der Waals surface area contributed by atoms with Gasteiger partial charge in [-0.05, 0) is 26.3 Å². The van der Waals surface area contributed by atoms with Crippen LogP contribution in [0.25, 0.3) is 0 Å². The zero-order valence-corrected chi connectivity index (χ0v) is 12.2. The first-order chi connectivity index (χ1) is 9.09. The number of nitrogens with zero attached hydrogens (tertiary/aromatic N) is 2. The first-order valence-corrected chi connectivity index (χ1v) is 7.17. The van der Waals surface area contributed by atoms with E-state index >= 15 is 0 Å². The molecule has 0 spiro atoms. The third kappa shape index (κ3) is 3.35. The number of benzene rings is 1. The topological polar surface area (TPSA) is 23.6 Å². The van der Waals surface area contributed by atoms with Gasteiger partial charge in [-0.3, -0.25) is 9.69 Å². The molecule has 0 N–H and O–H groups in total. The fourth-order valence-corrected chi connectivity index (χ4v) is 2.62. The van der Waals surface area contributed by atoms with Gasteiger partial charge >= 0.3 is 0 Å². The lowest BCUT2D eigenvalue weighted by Crippen LogP contribution is -2.51. The van der Waals surface area contributed by atoms with Crippen LogP contribution in [0, 0.1) is 0 Å². The minimum absolute atomic E-state index is 0.0354. The summed E-state index contributed by atoms with van der Waals surface area (Å²) in [6.07, 6.45) is 0. The van der Waals surface area contributed by atoms with Crippen LogP contribution in [0.5, 0.6) is 0 Å². The Kier molecular flexibility index (Phi) is 4.59. The Bertz CT molecular complexity index is 408. The molecule has 2 rings (SSSR count). The van der Waals surface area contributed by atoms with Crippen LogP contribution in [0.4, 0.5) is 0 Å². The number of carbonyl (C=O) groups is 1. The summed E-state index contributed by atoms with van der Waals surface area (Å²) in [5.74, 6) is 0.224. The second-order valence-electron chi connectivity index (χ2n) is 5.59. The highest BCUT2D eigenvalue weighted by Gasteiger charge is 2.26. The Hall–Kier alpha value is -1.35. The van der Waals surface area contributed by atoms with Crippen molar-refractivity contribution in [2.45, 2.75) is 32.7 Å². The van der Waals surface area contributed by atoms with Gasteiger partial charge < -0.3 is 4.90 Å². The van der Waals surface area contributed by atoms with E-state index < -0.39 is 0 Å². The molecule has 19 heavy (non-hydrogen) atoms. The van der Waals surface area contributed by atoms with Crippen molar-refractivity contribution in [2.75, 3.05) is 26.2 Å². The lowest BCUT2D eigenvalue weighted by Gasteiger charge is -2.38. The number of piperazine rings is 1. The molecule has 0 bridgehead atoms. The van der Waals surface area contributed by atoms with Crippen LogP contribution in [0.2, 0.25) is 0 Å². The highest BCUT2D eigenvalue weighted by molar-refractivity contribution is 5.83. The second-order valence-corrected chi connectivity index (χ2v) is 5.59. The molecule has 1 fully saturated rings. The van der Waals surface area contributed by atoms with Gasteiger partial charge in [-0.25, -0.2) is 0 Å². The van der Waals surface area contributed by atoms with Crippen molar-refractivity contribution >= 4 is 5.91 Å². The van der Waals surface area contributed by atoms with E-state index in [9.17, 15) is 4.79 Å². The van der Waals surface area contributed by atoms with E-state index in [1.807, 2.05) is 42.2 Å². The van der Waals surface area contributed by atoms with E-state index in [1.54, 1.807) is 0 Å². The normalized spacial score (nSPS) is 18.6. The van der Waals surface area contributed by atoms with Gasteiger partial charge in [0.15, 0.2) is 0 Å². The average Bonchev–Trinajstić information content (AvgIpc) is 2.46. The summed E-state index contributed by atoms with van der Waals surface area (Å²) in [5, 5.41) is 0. The molecule has 1 aromatic carbocycles. The van der Waals surface area contributed by atoms with Gasteiger partial charge in [0.1, 0.15) is 0 Å². The molecule has 0 radical (unpaired) electrons. The third-order valence-corrected chi connectivity index (χ3v) is 4.03. The molecule has 104 valence electrons. The molecule has 0 aromatic heterocycles. The van der Waals surface area contributed by atoms with Crippen LogP contribution in [-0.4, -0.2) is 47.9 Å². The number of amides is 1. The fraction of sp³-hybridized carbons (Fsp3) is 0.562. The zero-order valence-electron chi connectivity index (χ0n) is 12.2. The van der Waals surface area contributed by atoms with E-state index in [4.69, 9.17) is 0 Å². The standard InChI is InChI=1S/C16H24N2O/c1-13(2)17-9-11-18(12-10-17)16(19)14(3)15-7-5-4-6-8-15/h4-8,13-14H,9-12H2,1-3H3. The molecule has 1 saturated heterocycles. The van der Waals surface area contributed by atoms with Gasteiger partial charge in [-0.15, -0.1) is 0 Å². The Morgan fingerprint density at radius 3 is 2.11 bits per heavy atom. The van der Waals surface area contributed by atoms with Crippen molar-refractivity contribution in [3.63, 3.8) is 0 Å². The molecule has 1 amide bonds. The van der Waals surface area contributed by atoms with Crippen LogP contribution in [0.3, 0.4) is 0 Å². The SMILES string of the molecule is CC(C(=O)N1CCN(C(C)C)CC1)c1ccccc1. The lowest BCUT2D eigenvalue weighted by molar-refractivity contribution is -0.134. The summed E-state index contributed by atoms with van der Waals surface area (Å²) < 4.78 is 0. The van der Waals surface area contributed by atoms with Crippen molar-refractivity contribution in [1.82, 2.24) is 9.80 Å². The minimum atomic E-state index is -0.0354. The maximum absolute atomic E-state index is 12.5. The molecule has 1 aliphatic heterocycles. The smallest absolute Gasteiger partial charge is 0.229 e. The molecular weight excluding hydrogens is 236 g/mol. The van der Waals surface area contributed by atoms with Crippen LogP contribution in [-0.2, 0) is 4.79 Å². The van der Waals surface area contributed by atoms with Crippen LogP contribution in [0.1, 0.15) is 32.3 Å². The fourth-order valence-electron chi connectivity index (χ4n) is 2.62. The quantitative estimate of drug-likeness (QED) is 0.833. The summed E-state index contributed by atoms with van der Waals surface area (Å²) in [5.41, 5.74) is 1.11. The summed E-state index contributed by atoms with van der Waals surface area (Å²) in [7, 11) is 0. The third-order valence-electron chi connectivity index (χ3n) is 4.03. The first kappa shape index (κ1) is 14.1. The summed E-state index contributed by atoms with van der Waals surface area (Å²) in [6, 6.07) is 10.6. The highest BCUT2D eigenvalue weighted by atomic mass is 16.2. The predicted octanol–water partition coefficient (Wildman–Crippen LogP) is 2.34. The van der Waals surface area contributed by atoms with Crippen molar-refractivity contribution in [2.24, 2.45) is 0 Å². The monoisotopic (exact) mass is 260 g/mol. The number of rotatable bonds is 3. The van der Waals surface area contributed by atoms with Gasteiger partial charge in [0.05, 0.1) is 5.92 Å². The molecule has 3 heteroatoms. The molecule has 1 aromatic rings. The van der Waals surface area contributed by atoms with Gasteiger partial charge in [-0.2, -0.15) is 0 Å². The molecule has 0 aliphatic carbocycles. The van der Waals surface area contributed by atoms with Crippen molar-refractivity contribution in [1.29, 1.82) is 0 Å². The van der Waals surface area contributed by atoms with Gasteiger partial charge in [0.2, 0.25) is 5.91 Å². The summed E-state index contributed by atoms with van der Waals surface area (Å²) in [4.78, 5) is 16.9. The average molecular weight is 260 g/mol. The van der Waals surface area contributed by atoms with Gasteiger partial charge in [0, 0.05) is 32.2 Å².